The Bertz CT molecular complexity index is 801. The molecular weight excluding hydrogens is 415 g/mol. The van der Waals surface area contributed by atoms with E-state index in [0.29, 0.717) is 6.42 Å². The summed E-state index contributed by atoms with van der Waals surface area (Å²) >= 11 is 3.46. The van der Waals surface area contributed by atoms with Crippen LogP contribution in [-0.4, -0.2) is 16.9 Å². The van der Waals surface area contributed by atoms with Gasteiger partial charge in [0, 0.05) is 11.8 Å². The summed E-state index contributed by atoms with van der Waals surface area (Å²) in [5.41, 5.74) is 0. The van der Waals surface area contributed by atoms with Gasteiger partial charge in [0.1, 0.15) is 0 Å². The summed E-state index contributed by atoms with van der Waals surface area (Å²) in [6.07, 6.45) is 2.53. The van der Waals surface area contributed by atoms with Crippen molar-refractivity contribution in [3.8, 4) is 0 Å². The van der Waals surface area contributed by atoms with Gasteiger partial charge >= 0.3 is 0 Å². The third-order valence-electron chi connectivity index (χ3n) is 4.63. The highest BCUT2D eigenvalue weighted by Gasteiger charge is 2.25. The van der Waals surface area contributed by atoms with Crippen molar-refractivity contribution in [2.24, 2.45) is 0 Å². The molecule has 3 heteroatoms. The quantitative estimate of drug-likeness (QED) is 0.277. The van der Waals surface area contributed by atoms with Crippen LogP contribution in [0.3, 0.4) is 0 Å². The Kier molecular flexibility index (Phi) is 7.26. The van der Waals surface area contributed by atoms with E-state index in [1.54, 1.807) is 0 Å². The normalized spacial score (nSPS) is 11.1. The molecule has 0 aliphatic rings. The fraction of sp³-hybridized carbons (Fsp3) is 0.167. The largest absolute Gasteiger partial charge is 0.295 e. The smallest absolute Gasteiger partial charge is 0.156 e. The first-order valence-corrected chi connectivity index (χ1v) is 12.3. The molecular formula is C24H24BrOP. The van der Waals surface area contributed by atoms with Crippen LogP contribution in [0, 0.1) is 0 Å². The second-order valence-electron chi connectivity index (χ2n) is 6.47. The van der Waals surface area contributed by atoms with Crippen LogP contribution in [0.5, 0.6) is 0 Å². The molecule has 0 heterocycles. The average Bonchev–Trinajstić information content (AvgIpc) is 2.74. The zero-order valence-corrected chi connectivity index (χ0v) is 17.8. The highest BCUT2D eigenvalue weighted by atomic mass is 79.9. The highest BCUT2D eigenvalue weighted by molar-refractivity contribution is 9.09. The van der Waals surface area contributed by atoms with Gasteiger partial charge < -0.3 is 0 Å². The topological polar surface area (TPSA) is 17.1 Å². The molecule has 0 radical (unpaired) electrons. The van der Waals surface area contributed by atoms with Crippen LogP contribution in [-0.2, 0) is 4.79 Å². The maximum absolute atomic E-state index is 13.0. The van der Waals surface area contributed by atoms with Crippen LogP contribution < -0.4 is 15.9 Å². The second kappa shape index (κ2) is 9.88. The number of halogens is 1. The maximum atomic E-state index is 13.0. The number of rotatable bonds is 8. The Balaban J connectivity index is 2.25. The molecule has 0 aliphatic carbocycles. The molecule has 0 fully saturated rings. The number of carbonyl (C=O) groups excluding carboxylic acids is 1. The van der Waals surface area contributed by atoms with Gasteiger partial charge in [-0.1, -0.05) is 107 Å². The third-order valence-corrected chi connectivity index (χ3v) is 9.21. The molecule has 0 saturated carbocycles. The zero-order valence-electron chi connectivity index (χ0n) is 15.3. The standard InChI is InChI=1S/C24H24BrOP/c25-19-11-10-12-21(26)20-27(22-13-4-1-5-14-22,23-15-6-2-7-16-23)24-17-8-3-9-18-24/h1-9,13-18,20H,10-12,19H2. The number of unbranched alkanes of at least 4 members (excludes halogenated alkanes) is 1. The first-order chi connectivity index (χ1) is 13.3. The predicted octanol–water partition coefficient (Wildman–Crippen LogP) is 4.92. The number of hydrogen-bond donors (Lipinski definition) is 0. The molecule has 0 spiro atoms. The zero-order chi connectivity index (χ0) is 19.0. The summed E-state index contributed by atoms with van der Waals surface area (Å²) < 4.78 is 0. The van der Waals surface area contributed by atoms with Crippen LogP contribution in [0.4, 0.5) is 0 Å². The lowest BCUT2D eigenvalue weighted by molar-refractivity contribution is -0.112. The van der Waals surface area contributed by atoms with E-state index in [-0.39, 0.29) is 5.78 Å². The predicted molar refractivity (Wildman–Crippen MR) is 124 cm³/mol. The number of benzene rings is 3. The highest BCUT2D eigenvalue weighted by Crippen LogP contribution is 2.43. The SMILES string of the molecule is O=C(C=P(c1ccccc1)(c1ccccc1)c1ccccc1)CCCCBr. The van der Waals surface area contributed by atoms with Crippen LogP contribution in [0.15, 0.2) is 91.0 Å². The number of hydrogen-bond acceptors (Lipinski definition) is 1. The lowest BCUT2D eigenvalue weighted by atomic mass is 10.2. The van der Waals surface area contributed by atoms with Gasteiger partial charge in [-0.2, -0.15) is 0 Å². The van der Waals surface area contributed by atoms with Gasteiger partial charge in [0.15, 0.2) is 5.78 Å². The lowest BCUT2D eigenvalue weighted by Gasteiger charge is -2.28. The molecule has 0 saturated heterocycles. The van der Waals surface area contributed by atoms with E-state index < -0.39 is 6.89 Å². The summed E-state index contributed by atoms with van der Waals surface area (Å²) in [5, 5.41) is 4.60. The fourth-order valence-corrected chi connectivity index (χ4v) is 7.56. The van der Waals surface area contributed by atoms with Gasteiger partial charge in [0.25, 0.3) is 0 Å². The van der Waals surface area contributed by atoms with E-state index in [9.17, 15) is 4.79 Å². The van der Waals surface area contributed by atoms with E-state index in [1.807, 2.05) is 24.0 Å². The van der Waals surface area contributed by atoms with E-state index in [2.05, 4.69) is 88.7 Å². The van der Waals surface area contributed by atoms with Crippen molar-refractivity contribution in [3.05, 3.63) is 91.0 Å². The summed E-state index contributed by atoms with van der Waals surface area (Å²) in [7, 11) is 0. The maximum Gasteiger partial charge on any atom is 0.156 e. The lowest BCUT2D eigenvalue weighted by Crippen LogP contribution is -2.28. The molecule has 0 amide bonds. The van der Waals surface area contributed by atoms with Gasteiger partial charge in [-0.3, -0.25) is 4.79 Å². The van der Waals surface area contributed by atoms with Gasteiger partial charge in [0.05, 0.1) is 0 Å². The first-order valence-electron chi connectivity index (χ1n) is 9.27. The van der Waals surface area contributed by atoms with E-state index >= 15 is 0 Å². The Hall–Kier alpha value is -1.89. The van der Waals surface area contributed by atoms with E-state index in [4.69, 9.17) is 0 Å². The molecule has 0 aliphatic heterocycles. The Labute approximate surface area is 170 Å². The van der Waals surface area contributed by atoms with Crippen LogP contribution in [0.25, 0.3) is 0 Å². The molecule has 0 N–H and O–H groups in total. The number of ketones is 1. The summed E-state index contributed by atoms with van der Waals surface area (Å²) in [5.74, 6) is 2.28. The van der Waals surface area contributed by atoms with Crippen molar-refractivity contribution in [3.63, 3.8) is 0 Å². The Morgan fingerprint density at radius 3 is 1.48 bits per heavy atom. The summed E-state index contributed by atoms with van der Waals surface area (Å²) in [6.45, 7) is -2.14. The van der Waals surface area contributed by atoms with Crippen LogP contribution >= 0.6 is 22.8 Å². The van der Waals surface area contributed by atoms with Crippen molar-refractivity contribution in [2.45, 2.75) is 19.3 Å². The Morgan fingerprint density at radius 1 is 0.704 bits per heavy atom. The molecule has 0 aromatic heterocycles. The van der Waals surface area contributed by atoms with Crippen molar-refractivity contribution >= 4 is 50.3 Å². The molecule has 138 valence electrons. The molecule has 1 nitrogen and oxygen atoms in total. The van der Waals surface area contributed by atoms with Crippen molar-refractivity contribution in [1.82, 2.24) is 0 Å². The van der Waals surface area contributed by atoms with Crippen LogP contribution in [0.2, 0.25) is 0 Å². The first kappa shape index (κ1) is 19.9. The average molecular weight is 439 g/mol. The molecule has 27 heavy (non-hydrogen) atoms. The number of Topliss-reactive ketones (excluding diaryl/α,β-unsaturated/α-hetero) is 1. The minimum absolute atomic E-state index is 0.237. The van der Waals surface area contributed by atoms with E-state index in [0.717, 1.165) is 18.2 Å². The van der Waals surface area contributed by atoms with Gasteiger partial charge in [-0.25, -0.2) is 0 Å². The van der Waals surface area contributed by atoms with Crippen molar-refractivity contribution in [1.29, 1.82) is 0 Å². The molecule has 0 unspecified atom stereocenters. The molecule has 0 bridgehead atoms. The molecule has 0 atom stereocenters. The molecule has 3 rings (SSSR count). The van der Waals surface area contributed by atoms with Gasteiger partial charge in [0.2, 0.25) is 0 Å². The van der Waals surface area contributed by atoms with Gasteiger partial charge in [-0.05, 0) is 41.4 Å². The third kappa shape index (κ3) is 4.69. The van der Waals surface area contributed by atoms with Crippen molar-refractivity contribution < 1.29 is 4.79 Å². The van der Waals surface area contributed by atoms with E-state index in [1.165, 1.54) is 15.9 Å². The minimum Gasteiger partial charge on any atom is -0.295 e. The Morgan fingerprint density at radius 2 is 1.11 bits per heavy atom. The minimum atomic E-state index is -2.14. The molecule has 3 aromatic carbocycles. The van der Waals surface area contributed by atoms with Crippen LogP contribution in [0.1, 0.15) is 19.3 Å². The molecule has 3 aromatic rings. The fourth-order valence-electron chi connectivity index (χ4n) is 3.33. The summed E-state index contributed by atoms with van der Waals surface area (Å²) in [4.78, 5) is 13.0. The monoisotopic (exact) mass is 438 g/mol. The number of carbonyl (C=O) groups is 1. The number of alkyl halides is 1. The van der Waals surface area contributed by atoms with Gasteiger partial charge in [-0.15, -0.1) is 0 Å². The summed E-state index contributed by atoms with van der Waals surface area (Å²) in [6, 6.07) is 31.5. The second-order valence-corrected chi connectivity index (χ2v) is 10.5. The van der Waals surface area contributed by atoms with Crippen molar-refractivity contribution in [2.75, 3.05) is 5.33 Å².